The Balaban J connectivity index is 1.46. The molecule has 0 aliphatic carbocycles. The lowest BCUT2D eigenvalue weighted by molar-refractivity contribution is 0.996. The second-order valence-corrected chi connectivity index (χ2v) is 8.31. The lowest BCUT2D eigenvalue weighted by Crippen LogP contribution is -1.87. The van der Waals surface area contributed by atoms with Crippen molar-refractivity contribution >= 4 is 0 Å². The lowest BCUT2D eigenvalue weighted by Gasteiger charge is -2.05. The van der Waals surface area contributed by atoms with E-state index in [1.165, 1.54) is 33.4 Å². The summed E-state index contributed by atoms with van der Waals surface area (Å²) < 4.78 is 0. The van der Waals surface area contributed by atoms with Crippen LogP contribution in [0.25, 0.3) is 11.1 Å². The van der Waals surface area contributed by atoms with Crippen molar-refractivity contribution in [2.75, 3.05) is 0 Å². The van der Waals surface area contributed by atoms with Crippen LogP contribution in [-0.2, 0) is 25.7 Å². The molecule has 0 aliphatic rings. The third-order valence-corrected chi connectivity index (χ3v) is 5.81. The minimum Gasteiger partial charge on any atom is -0.0917 e. The minimum atomic E-state index is 0.978. The molecule has 0 spiro atoms. The molecule has 0 unspecified atom stereocenters. The summed E-state index contributed by atoms with van der Waals surface area (Å²) in [5.74, 6) is 0. The fraction of sp³-hybridized carbons (Fsp3) is 0.250. The van der Waals surface area contributed by atoms with Crippen molar-refractivity contribution in [1.29, 1.82) is 0 Å². The maximum atomic E-state index is 2.29. The van der Waals surface area contributed by atoms with Crippen molar-refractivity contribution in [3.8, 4) is 11.1 Å². The Kier molecular flexibility index (Phi) is 9.80. The van der Waals surface area contributed by atoms with Crippen LogP contribution in [-0.4, -0.2) is 0 Å². The molecule has 0 bridgehead atoms. The second-order valence-electron chi connectivity index (χ2n) is 8.31. The fourth-order valence-electron chi connectivity index (χ4n) is 3.81. The molecule has 0 nitrogen and oxygen atoms in total. The van der Waals surface area contributed by atoms with Gasteiger partial charge in [-0.05, 0) is 85.8 Å². The maximum Gasteiger partial charge on any atom is -0.00973 e. The van der Waals surface area contributed by atoms with Crippen LogP contribution < -0.4 is 0 Å². The van der Waals surface area contributed by atoms with E-state index in [0.29, 0.717) is 0 Å². The standard InChI is InChI=1S/C32H36/c1-3-5-7-11-27-15-17-28(18-16-27)13-9-10-14-30-21-25-32(26-22-30)31-23-19-29(20-24-31)12-8-6-4-2/h3-6,9-10,15-26H,7-8,11-14H2,1-2H3/b5-3+,6-4+,10-9+. The average molecular weight is 421 g/mol. The number of hydrogen-bond donors (Lipinski definition) is 0. The molecule has 3 rings (SSSR count). The molecule has 0 aliphatic heterocycles. The topological polar surface area (TPSA) is 0 Å². The quantitative estimate of drug-likeness (QED) is 0.272. The first-order valence-corrected chi connectivity index (χ1v) is 11.9. The van der Waals surface area contributed by atoms with E-state index in [9.17, 15) is 0 Å². The van der Waals surface area contributed by atoms with Gasteiger partial charge in [0.2, 0.25) is 0 Å². The molecule has 0 heterocycles. The van der Waals surface area contributed by atoms with Gasteiger partial charge < -0.3 is 0 Å². The zero-order valence-electron chi connectivity index (χ0n) is 19.6. The normalized spacial score (nSPS) is 11.8. The number of aryl methyl sites for hydroxylation is 2. The number of allylic oxidation sites excluding steroid dienone is 6. The fourth-order valence-corrected chi connectivity index (χ4v) is 3.81. The van der Waals surface area contributed by atoms with E-state index >= 15 is 0 Å². The molecular weight excluding hydrogens is 384 g/mol. The van der Waals surface area contributed by atoms with Crippen molar-refractivity contribution in [2.45, 2.75) is 52.4 Å². The molecule has 0 saturated carbocycles. The highest BCUT2D eigenvalue weighted by Crippen LogP contribution is 2.21. The third-order valence-electron chi connectivity index (χ3n) is 5.81. The molecule has 0 heteroatoms. The molecule has 32 heavy (non-hydrogen) atoms. The predicted molar refractivity (Wildman–Crippen MR) is 141 cm³/mol. The van der Waals surface area contributed by atoms with Gasteiger partial charge in [0.25, 0.3) is 0 Å². The van der Waals surface area contributed by atoms with Gasteiger partial charge in [-0.3, -0.25) is 0 Å². The number of benzene rings is 3. The Hall–Kier alpha value is -3.12. The van der Waals surface area contributed by atoms with Crippen LogP contribution in [0.3, 0.4) is 0 Å². The lowest BCUT2D eigenvalue weighted by atomic mass is 10.00. The van der Waals surface area contributed by atoms with E-state index in [1.54, 1.807) is 0 Å². The highest BCUT2D eigenvalue weighted by molar-refractivity contribution is 5.64. The van der Waals surface area contributed by atoms with Crippen LogP contribution in [0, 0.1) is 0 Å². The summed E-state index contributed by atoms with van der Waals surface area (Å²) in [4.78, 5) is 0. The van der Waals surface area contributed by atoms with Crippen molar-refractivity contribution in [1.82, 2.24) is 0 Å². The van der Waals surface area contributed by atoms with Gasteiger partial charge in [0, 0.05) is 0 Å². The zero-order valence-corrected chi connectivity index (χ0v) is 19.6. The van der Waals surface area contributed by atoms with E-state index in [1.807, 2.05) is 0 Å². The van der Waals surface area contributed by atoms with E-state index in [4.69, 9.17) is 0 Å². The van der Waals surface area contributed by atoms with Crippen molar-refractivity contribution in [2.24, 2.45) is 0 Å². The van der Waals surface area contributed by atoms with Crippen LogP contribution >= 0.6 is 0 Å². The van der Waals surface area contributed by atoms with Crippen molar-refractivity contribution in [3.63, 3.8) is 0 Å². The first kappa shape index (κ1) is 23.5. The molecule has 164 valence electrons. The number of hydrogen-bond acceptors (Lipinski definition) is 0. The van der Waals surface area contributed by atoms with Gasteiger partial charge in [0.1, 0.15) is 0 Å². The second kappa shape index (κ2) is 13.3. The summed E-state index contributed by atoms with van der Waals surface area (Å²) in [6, 6.07) is 27.0. The molecule has 3 aromatic rings. The van der Waals surface area contributed by atoms with E-state index in [2.05, 4.69) is 123 Å². The van der Waals surface area contributed by atoms with E-state index < -0.39 is 0 Å². The Bertz CT molecular complexity index is 997. The highest BCUT2D eigenvalue weighted by Gasteiger charge is 1.99. The largest absolute Gasteiger partial charge is 0.0917 e. The summed E-state index contributed by atoms with van der Waals surface area (Å²) in [5.41, 5.74) is 8.12. The Morgan fingerprint density at radius 3 is 1.19 bits per heavy atom. The van der Waals surface area contributed by atoms with Gasteiger partial charge in [0.15, 0.2) is 0 Å². The van der Waals surface area contributed by atoms with Gasteiger partial charge >= 0.3 is 0 Å². The molecule has 0 radical (unpaired) electrons. The third kappa shape index (κ3) is 7.85. The zero-order chi connectivity index (χ0) is 22.4. The van der Waals surface area contributed by atoms with Crippen LogP contribution in [0.1, 0.15) is 48.9 Å². The van der Waals surface area contributed by atoms with Gasteiger partial charge in [-0.15, -0.1) is 0 Å². The maximum absolute atomic E-state index is 2.29. The van der Waals surface area contributed by atoms with Gasteiger partial charge in [-0.1, -0.05) is 109 Å². The minimum absolute atomic E-state index is 0.978. The molecule has 0 amide bonds. The molecule has 0 fully saturated rings. The summed E-state index contributed by atoms with van der Waals surface area (Å²) in [6.45, 7) is 4.16. The Labute approximate surface area is 195 Å². The molecule has 0 N–H and O–H groups in total. The average Bonchev–Trinajstić information content (AvgIpc) is 2.84. The summed E-state index contributed by atoms with van der Waals surface area (Å²) in [7, 11) is 0. The SMILES string of the molecule is C/C=C/CCc1ccc(C/C=C/Cc2ccc(-c3ccc(CC/C=C/C)cc3)cc2)cc1. The van der Waals surface area contributed by atoms with Crippen LogP contribution in [0.2, 0.25) is 0 Å². The molecule has 0 atom stereocenters. The Morgan fingerprint density at radius 1 is 0.438 bits per heavy atom. The smallest absolute Gasteiger partial charge is 0.00973 e. The summed E-state index contributed by atoms with van der Waals surface area (Å²) in [6.07, 6.45) is 19.7. The highest BCUT2D eigenvalue weighted by atomic mass is 14.0. The molecule has 3 aromatic carbocycles. The van der Waals surface area contributed by atoms with Crippen LogP contribution in [0.5, 0.6) is 0 Å². The van der Waals surface area contributed by atoms with E-state index in [0.717, 1.165) is 38.5 Å². The van der Waals surface area contributed by atoms with Gasteiger partial charge in [0.05, 0.1) is 0 Å². The molecular formula is C32H36. The van der Waals surface area contributed by atoms with Crippen molar-refractivity contribution in [3.05, 3.63) is 132 Å². The Morgan fingerprint density at radius 2 is 0.781 bits per heavy atom. The number of rotatable bonds is 11. The first-order chi connectivity index (χ1) is 15.8. The van der Waals surface area contributed by atoms with Gasteiger partial charge in [-0.25, -0.2) is 0 Å². The predicted octanol–water partition coefficient (Wildman–Crippen LogP) is 8.71. The molecule has 0 aromatic heterocycles. The summed E-state index contributed by atoms with van der Waals surface area (Å²) >= 11 is 0. The van der Waals surface area contributed by atoms with E-state index in [-0.39, 0.29) is 0 Å². The van der Waals surface area contributed by atoms with Gasteiger partial charge in [-0.2, -0.15) is 0 Å². The summed E-state index contributed by atoms with van der Waals surface area (Å²) in [5, 5.41) is 0. The molecule has 0 saturated heterocycles. The van der Waals surface area contributed by atoms with Crippen LogP contribution in [0.15, 0.2) is 109 Å². The monoisotopic (exact) mass is 420 g/mol. The van der Waals surface area contributed by atoms with Crippen molar-refractivity contribution < 1.29 is 0 Å². The first-order valence-electron chi connectivity index (χ1n) is 11.9. The van der Waals surface area contributed by atoms with Crippen LogP contribution in [0.4, 0.5) is 0 Å².